The van der Waals surface area contributed by atoms with Gasteiger partial charge in [0.15, 0.2) is 0 Å². The highest BCUT2D eigenvalue weighted by Crippen LogP contribution is 2.36. The molecule has 118 valence electrons. The van der Waals surface area contributed by atoms with Gasteiger partial charge in [0.1, 0.15) is 0 Å². The van der Waals surface area contributed by atoms with Gasteiger partial charge in [0.25, 0.3) is 0 Å². The fourth-order valence-electron chi connectivity index (χ4n) is 2.32. The van der Waals surface area contributed by atoms with E-state index in [1.165, 1.54) is 0 Å². The third-order valence-corrected chi connectivity index (χ3v) is 4.43. The molecule has 5 heteroatoms. The summed E-state index contributed by atoms with van der Waals surface area (Å²) in [5.41, 5.74) is 1.96. The van der Waals surface area contributed by atoms with Gasteiger partial charge in [0.2, 0.25) is 0 Å². The minimum atomic E-state index is -0.370. The van der Waals surface area contributed by atoms with Crippen LogP contribution in [0.15, 0.2) is 53.7 Å². The molecule has 2 heterocycles. The van der Waals surface area contributed by atoms with Crippen LogP contribution in [-0.4, -0.2) is 29.5 Å². The molecule has 1 aromatic heterocycles. The molecule has 0 unspecified atom stereocenters. The van der Waals surface area contributed by atoms with E-state index in [0.29, 0.717) is 0 Å². The highest BCUT2D eigenvalue weighted by atomic mass is 16.7. The van der Waals surface area contributed by atoms with Gasteiger partial charge in [-0.1, -0.05) is 18.2 Å². The zero-order chi connectivity index (χ0) is 16.5. The van der Waals surface area contributed by atoms with Crippen LogP contribution in [0, 0.1) is 0 Å². The summed E-state index contributed by atoms with van der Waals surface area (Å²) in [5, 5.41) is 0. The summed E-state index contributed by atoms with van der Waals surface area (Å²) in [6.07, 6.45) is 3.51. The van der Waals surface area contributed by atoms with Crippen molar-refractivity contribution < 1.29 is 9.31 Å². The fraction of sp³-hybridized carbons (Fsp3) is 0.333. The lowest BCUT2D eigenvalue weighted by molar-refractivity contribution is 0.00578. The molecular formula is C18H21BN2O2. The van der Waals surface area contributed by atoms with E-state index in [9.17, 15) is 0 Å². The third-order valence-electron chi connectivity index (χ3n) is 4.43. The average molecular weight is 308 g/mol. The number of aliphatic imine (C=N–C) groups is 1. The summed E-state index contributed by atoms with van der Waals surface area (Å²) in [6.45, 7) is 8.21. The van der Waals surface area contributed by atoms with E-state index in [0.717, 1.165) is 16.8 Å². The molecule has 0 N–H and O–H groups in total. The zero-order valence-corrected chi connectivity index (χ0v) is 14.0. The minimum absolute atomic E-state index is 0.342. The number of hydrogen-bond donors (Lipinski definition) is 0. The molecule has 2 aromatic rings. The molecule has 0 aliphatic carbocycles. The van der Waals surface area contributed by atoms with Crippen molar-refractivity contribution in [2.45, 2.75) is 38.9 Å². The van der Waals surface area contributed by atoms with Gasteiger partial charge >= 0.3 is 7.12 Å². The van der Waals surface area contributed by atoms with Crippen molar-refractivity contribution in [1.82, 2.24) is 4.98 Å². The predicted octanol–water partition coefficient (Wildman–Crippen LogP) is 3.13. The Kier molecular flexibility index (Phi) is 4.09. The van der Waals surface area contributed by atoms with Crippen LogP contribution in [0.4, 0.5) is 5.69 Å². The molecule has 0 amide bonds. The lowest BCUT2D eigenvalue weighted by atomic mass is 9.79. The Morgan fingerprint density at radius 2 is 1.74 bits per heavy atom. The molecule has 0 saturated carbocycles. The largest absolute Gasteiger partial charge is 0.494 e. The van der Waals surface area contributed by atoms with Gasteiger partial charge in [-0.05, 0) is 57.4 Å². The van der Waals surface area contributed by atoms with E-state index in [2.05, 4.69) is 37.7 Å². The Morgan fingerprint density at radius 3 is 2.39 bits per heavy atom. The van der Waals surface area contributed by atoms with Crippen LogP contribution in [0.1, 0.15) is 33.4 Å². The summed E-state index contributed by atoms with van der Waals surface area (Å²) >= 11 is 0. The van der Waals surface area contributed by atoms with Crippen LogP contribution in [0.25, 0.3) is 0 Å². The van der Waals surface area contributed by atoms with E-state index >= 15 is 0 Å². The van der Waals surface area contributed by atoms with Crippen LogP contribution >= 0.6 is 0 Å². The standard InChI is InChI=1S/C18H21BN2O2/c1-17(2)18(3,4)23-19(22-17)14-8-7-10-15(12-14)21-13-16-9-5-6-11-20-16/h5-13H,1-4H3. The molecule has 1 aliphatic rings. The molecular weight excluding hydrogens is 287 g/mol. The molecule has 1 aromatic carbocycles. The van der Waals surface area contributed by atoms with Crippen molar-refractivity contribution in [1.29, 1.82) is 0 Å². The first kappa shape index (κ1) is 15.9. The van der Waals surface area contributed by atoms with Gasteiger partial charge in [0.05, 0.1) is 28.8 Å². The molecule has 1 aliphatic heterocycles. The van der Waals surface area contributed by atoms with Gasteiger partial charge in [-0.3, -0.25) is 9.98 Å². The van der Waals surface area contributed by atoms with Crippen molar-refractivity contribution in [2.24, 2.45) is 4.99 Å². The number of benzene rings is 1. The fourth-order valence-corrected chi connectivity index (χ4v) is 2.32. The Labute approximate surface area is 137 Å². The molecule has 1 saturated heterocycles. The highest BCUT2D eigenvalue weighted by molar-refractivity contribution is 6.62. The molecule has 0 spiro atoms. The molecule has 0 bridgehead atoms. The molecule has 23 heavy (non-hydrogen) atoms. The minimum Gasteiger partial charge on any atom is -0.399 e. The second kappa shape index (κ2) is 5.91. The first-order valence-corrected chi connectivity index (χ1v) is 7.78. The smallest absolute Gasteiger partial charge is 0.399 e. The normalized spacial score (nSPS) is 19.4. The maximum absolute atomic E-state index is 6.08. The topological polar surface area (TPSA) is 43.7 Å². The summed E-state index contributed by atoms with van der Waals surface area (Å²) in [5.74, 6) is 0. The Morgan fingerprint density at radius 1 is 1.00 bits per heavy atom. The molecule has 4 nitrogen and oxygen atoms in total. The molecule has 0 atom stereocenters. The van der Waals surface area contributed by atoms with E-state index in [1.54, 1.807) is 12.4 Å². The lowest BCUT2D eigenvalue weighted by Gasteiger charge is -2.32. The van der Waals surface area contributed by atoms with Gasteiger partial charge in [-0.2, -0.15) is 0 Å². The van der Waals surface area contributed by atoms with Gasteiger partial charge in [-0.15, -0.1) is 0 Å². The average Bonchev–Trinajstić information content (AvgIpc) is 2.75. The van der Waals surface area contributed by atoms with Gasteiger partial charge < -0.3 is 9.31 Å². The Bertz CT molecular complexity index is 698. The number of pyridine rings is 1. The van der Waals surface area contributed by atoms with Gasteiger partial charge in [0, 0.05) is 6.20 Å². The van der Waals surface area contributed by atoms with E-state index in [4.69, 9.17) is 9.31 Å². The molecule has 0 radical (unpaired) electrons. The second-order valence-corrected chi connectivity index (χ2v) is 6.70. The van der Waals surface area contributed by atoms with Crippen LogP contribution < -0.4 is 5.46 Å². The maximum Gasteiger partial charge on any atom is 0.494 e. The molecule has 3 rings (SSSR count). The Hall–Kier alpha value is -1.98. The van der Waals surface area contributed by atoms with Crippen LogP contribution in [0.5, 0.6) is 0 Å². The quantitative estimate of drug-likeness (QED) is 0.646. The summed E-state index contributed by atoms with van der Waals surface area (Å²) < 4.78 is 12.2. The van der Waals surface area contributed by atoms with E-state index in [1.807, 2.05) is 42.5 Å². The zero-order valence-electron chi connectivity index (χ0n) is 14.0. The highest BCUT2D eigenvalue weighted by Gasteiger charge is 2.51. The monoisotopic (exact) mass is 308 g/mol. The maximum atomic E-state index is 6.08. The summed E-state index contributed by atoms with van der Waals surface area (Å²) in [7, 11) is -0.370. The van der Waals surface area contributed by atoms with E-state index < -0.39 is 0 Å². The molecule has 1 fully saturated rings. The van der Waals surface area contributed by atoms with Gasteiger partial charge in [-0.25, -0.2) is 0 Å². The van der Waals surface area contributed by atoms with Crippen molar-refractivity contribution in [3.05, 3.63) is 54.4 Å². The summed E-state index contributed by atoms with van der Waals surface area (Å²) in [6, 6.07) is 13.6. The lowest BCUT2D eigenvalue weighted by Crippen LogP contribution is -2.41. The van der Waals surface area contributed by atoms with E-state index in [-0.39, 0.29) is 18.3 Å². The predicted molar refractivity (Wildman–Crippen MR) is 93.6 cm³/mol. The summed E-state index contributed by atoms with van der Waals surface area (Å²) in [4.78, 5) is 8.72. The van der Waals surface area contributed by atoms with Crippen molar-refractivity contribution in [3.63, 3.8) is 0 Å². The van der Waals surface area contributed by atoms with Crippen molar-refractivity contribution in [2.75, 3.05) is 0 Å². The number of hydrogen-bond acceptors (Lipinski definition) is 4. The van der Waals surface area contributed by atoms with Crippen LogP contribution in [0.3, 0.4) is 0 Å². The number of aromatic nitrogens is 1. The van der Waals surface area contributed by atoms with Crippen LogP contribution in [0.2, 0.25) is 0 Å². The first-order chi connectivity index (χ1) is 10.9. The SMILES string of the molecule is CC1(C)OB(c2cccc(N=Cc3ccccn3)c2)OC1(C)C. The number of nitrogens with zero attached hydrogens (tertiary/aromatic N) is 2. The third kappa shape index (κ3) is 3.36. The number of rotatable bonds is 3. The Balaban J connectivity index is 1.80. The van der Waals surface area contributed by atoms with Crippen molar-refractivity contribution in [3.8, 4) is 0 Å². The van der Waals surface area contributed by atoms with Crippen LogP contribution in [-0.2, 0) is 9.31 Å². The second-order valence-electron chi connectivity index (χ2n) is 6.70. The first-order valence-electron chi connectivity index (χ1n) is 7.78. The van der Waals surface area contributed by atoms with Crippen molar-refractivity contribution >= 4 is 24.5 Å².